The summed E-state index contributed by atoms with van der Waals surface area (Å²) in [6, 6.07) is 0. The molecular formula is C14H28N2OS. The molecule has 0 amide bonds. The molecule has 1 N–H and O–H groups in total. The third kappa shape index (κ3) is 4.41. The molecule has 2 aliphatic rings. The molecule has 0 aromatic heterocycles. The number of thioether (sulfide) groups is 1. The lowest BCUT2D eigenvalue weighted by atomic mass is 9.79. The molecule has 0 bridgehead atoms. The van der Waals surface area contributed by atoms with Crippen LogP contribution in [0, 0.1) is 5.41 Å². The van der Waals surface area contributed by atoms with E-state index in [0.717, 1.165) is 26.3 Å². The van der Waals surface area contributed by atoms with Gasteiger partial charge in [0.15, 0.2) is 0 Å². The SMILES string of the molecule is CCNCC1(CN2CCCSCC2)CCOCC1. The van der Waals surface area contributed by atoms with Crippen LogP contribution in [0.5, 0.6) is 0 Å². The summed E-state index contributed by atoms with van der Waals surface area (Å²) in [7, 11) is 0. The van der Waals surface area contributed by atoms with Gasteiger partial charge in [0.05, 0.1) is 0 Å². The van der Waals surface area contributed by atoms with Crippen LogP contribution in [0.15, 0.2) is 0 Å². The van der Waals surface area contributed by atoms with Crippen LogP contribution in [-0.4, -0.2) is 62.3 Å². The van der Waals surface area contributed by atoms with Gasteiger partial charge in [-0.05, 0) is 43.5 Å². The molecule has 4 heteroatoms. The fourth-order valence-electron chi connectivity index (χ4n) is 3.02. The van der Waals surface area contributed by atoms with E-state index in [0.29, 0.717) is 5.41 Å². The number of nitrogens with zero attached hydrogens (tertiary/aromatic N) is 1. The molecule has 0 unspecified atom stereocenters. The monoisotopic (exact) mass is 272 g/mol. The van der Waals surface area contributed by atoms with Gasteiger partial charge in [-0.2, -0.15) is 11.8 Å². The van der Waals surface area contributed by atoms with Gasteiger partial charge in [0, 0.05) is 38.6 Å². The molecular weight excluding hydrogens is 244 g/mol. The average molecular weight is 272 g/mol. The number of nitrogens with one attached hydrogen (secondary N) is 1. The predicted molar refractivity (Wildman–Crippen MR) is 79.4 cm³/mol. The molecule has 2 aliphatic heterocycles. The van der Waals surface area contributed by atoms with Crippen molar-refractivity contribution in [2.75, 3.05) is 57.4 Å². The van der Waals surface area contributed by atoms with Crippen LogP contribution >= 0.6 is 11.8 Å². The lowest BCUT2D eigenvalue weighted by molar-refractivity contribution is -0.00302. The topological polar surface area (TPSA) is 24.5 Å². The summed E-state index contributed by atoms with van der Waals surface area (Å²) in [5.41, 5.74) is 0.462. The molecule has 0 aromatic carbocycles. The molecule has 18 heavy (non-hydrogen) atoms. The van der Waals surface area contributed by atoms with E-state index in [1.54, 1.807) is 0 Å². The zero-order chi connectivity index (χ0) is 12.7. The van der Waals surface area contributed by atoms with Crippen LogP contribution in [0.2, 0.25) is 0 Å². The van der Waals surface area contributed by atoms with Crippen LogP contribution in [0.4, 0.5) is 0 Å². The predicted octanol–water partition coefficient (Wildman–Crippen LogP) is 1.83. The van der Waals surface area contributed by atoms with Gasteiger partial charge in [0.2, 0.25) is 0 Å². The number of rotatable bonds is 5. The zero-order valence-corrected chi connectivity index (χ0v) is 12.6. The Morgan fingerprint density at radius 1 is 1.22 bits per heavy atom. The van der Waals surface area contributed by atoms with E-state index >= 15 is 0 Å². The first-order chi connectivity index (χ1) is 8.85. The summed E-state index contributed by atoms with van der Waals surface area (Å²) in [6.45, 7) is 10.2. The maximum Gasteiger partial charge on any atom is 0.0472 e. The Balaban J connectivity index is 1.90. The van der Waals surface area contributed by atoms with Gasteiger partial charge in [0.1, 0.15) is 0 Å². The van der Waals surface area contributed by atoms with Crippen molar-refractivity contribution >= 4 is 11.8 Å². The molecule has 2 fully saturated rings. The third-order valence-electron chi connectivity index (χ3n) is 4.18. The fourth-order valence-corrected chi connectivity index (χ4v) is 3.94. The van der Waals surface area contributed by atoms with Crippen LogP contribution in [0.1, 0.15) is 26.2 Å². The Hall–Kier alpha value is 0.230. The Kier molecular flexibility index (Phi) is 6.29. The quantitative estimate of drug-likeness (QED) is 0.825. The van der Waals surface area contributed by atoms with Crippen LogP contribution < -0.4 is 5.32 Å². The first-order valence-corrected chi connectivity index (χ1v) is 8.59. The summed E-state index contributed by atoms with van der Waals surface area (Å²) in [6.07, 6.45) is 3.81. The van der Waals surface area contributed by atoms with Crippen LogP contribution in [-0.2, 0) is 4.74 Å². The van der Waals surface area contributed by atoms with Gasteiger partial charge >= 0.3 is 0 Å². The average Bonchev–Trinajstić information content (AvgIpc) is 2.66. The van der Waals surface area contributed by atoms with Gasteiger partial charge in [0.25, 0.3) is 0 Å². The molecule has 0 aliphatic carbocycles. The number of ether oxygens (including phenoxy) is 1. The maximum atomic E-state index is 5.57. The summed E-state index contributed by atoms with van der Waals surface area (Å²) in [4.78, 5) is 2.70. The lowest BCUT2D eigenvalue weighted by Gasteiger charge is -2.41. The van der Waals surface area contributed by atoms with Gasteiger partial charge < -0.3 is 15.0 Å². The van der Waals surface area contributed by atoms with Crippen molar-refractivity contribution in [3.63, 3.8) is 0 Å². The van der Waals surface area contributed by atoms with Crippen molar-refractivity contribution in [2.24, 2.45) is 5.41 Å². The molecule has 2 heterocycles. The summed E-state index contributed by atoms with van der Waals surface area (Å²) in [5, 5.41) is 3.58. The van der Waals surface area contributed by atoms with Crippen LogP contribution in [0.25, 0.3) is 0 Å². The normalized spacial score (nSPS) is 25.8. The minimum absolute atomic E-state index is 0.462. The smallest absolute Gasteiger partial charge is 0.0472 e. The van der Waals surface area contributed by atoms with Crippen molar-refractivity contribution in [3.8, 4) is 0 Å². The lowest BCUT2D eigenvalue weighted by Crippen LogP contribution is -2.47. The Morgan fingerprint density at radius 3 is 2.83 bits per heavy atom. The van der Waals surface area contributed by atoms with E-state index in [2.05, 4.69) is 28.9 Å². The highest BCUT2D eigenvalue weighted by Gasteiger charge is 2.34. The molecule has 2 rings (SSSR count). The van der Waals surface area contributed by atoms with E-state index in [-0.39, 0.29) is 0 Å². The standard InChI is InChI=1S/C14H28N2OS/c1-2-15-12-14(4-8-17-9-5-14)13-16-6-3-10-18-11-7-16/h15H,2-13H2,1H3. The second-order valence-electron chi connectivity index (χ2n) is 5.63. The van der Waals surface area contributed by atoms with E-state index in [1.807, 2.05) is 0 Å². The zero-order valence-electron chi connectivity index (χ0n) is 11.7. The highest BCUT2D eigenvalue weighted by molar-refractivity contribution is 7.99. The van der Waals surface area contributed by atoms with Crippen LogP contribution in [0.3, 0.4) is 0 Å². The maximum absolute atomic E-state index is 5.57. The first kappa shape index (κ1) is 14.6. The third-order valence-corrected chi connectivity index (χ3v) is 5.23. The highest BCUT2D eigenvalue weighted by atomic mass is 32.2. The fraction of sp³-hybridized carbons (Fsp3) is 1.00. The molecule has 0 atom stereocenters. The molecule has 0 radical (unpaired) electrons. The molecule has 0 aromatic rings. The largest absolute Gasteiger partial charge is 0.381 e. The van der Waals surface area contributed by atoms with Gasteiger partial charge in [-0.1, -0.05) is 6.92 Å². The van der Waals surface area contributed by atoms with Crippen molar-refractivity contribution in [1.29, 1.82) is 0 Å². The number of hydrogen-bond donors (Lipinski definition) is 1. The van der Waals surface area contributed by atoms with Crippen molar-refractivity contribution in [3.05, 3.63) is 0 Å². The highest BCUT2D eigenvalue weighted by Crippen LogP contribution is 2.31. The Morgan fingerprint density at radius 2 is 2.06 bits per heavy atom. The molecule has 0 saturated carbocycles. The summed E-state index contributed by atoms with van der Waals surface area (Å²) >= 11 is 2.12. The van der Waals surface area contributed by atoms with E-state index in [9.17, 15) is 0 Å². The minimum Gasteiger partial charge on any atom is -0.381 e. The Labute approximate surface area is 116 Å². The second kappa shape index (κ2) is 7.73. The van der Waals surface area contributed by atoms with Crippen molar-refractivity contribution in [1.82, 2.24) is 10.2 Å². The van der Waals surface area contributed by atoms with E-state index in [4.69, 9.17) is 4.74 Å². The van der Waals surface area contributed by atoms with Gasteiger partial charge in [-0.15, -0.1) is 0 Å². The number of hydrogen-bond acceptors (Lipinski definition) is 4. The molecule has 0 spiro atoms. The van der Waals surface area contributed by atoms with E-state index in [1.165, 1.54) is 50.4 Å². The van der Waals surface area contributed by atoms with Crippen molar-refractivity contribution < 1.29 is 4.74 Å². The van der Waals surface area contributed by atoms with Gasteiger partial charge in [-0.3, -0.25) is 0 Å². The molecule has 2 saturated heterocycles. The second-order valence-corrected chi connectivity index (χ2v) is 6.86. The Bertz CT molecular complexity index is 224. The summed E-state index contributed by atoms with van der Waals surface area (Å²) < 4.78 is 5.57. The summed E-state index contributed by atoms with van der Waals surface area (Å²) in [5.74, 6) is 2.66. The van der Waals surface area contributed by atoms with Gasteiger partial charge in [-0.25, -0.2) is 0 Å². The molecule has 3 nitrogen and oxygen atoms in total. The van der Waals surface area contributed by atoms with Crippen molar-refractivity contribution in [2.45, 2.75) is 26.2 Å². The minimum atomic E-state index is 0.462. The van der Waals surface area contributed by atoms with E-state index < -0.39 is 0 Å². The first-order valence-electron chi connectivity index (χ1n) is 7.43. The molecule has 106 valence electrons.